The standard InChI is InChI=1S/C14H16N4O2/c1-18-10-4-6-12(13(18)19)17-14(20)16-9-7-11-5-2-3-8-15-11/h2-6,8,10H,7,9H2,1H3,(H2,16,17,20). The van der Waals surface area contributed by atoms with Gasteiger partial charge >= 0.3 is 6.03 Å². The van der Waals surface area contributed by atoms with Gasteiger partial charge in [-0.1, -0.05) is 6.07 Å². The zero-order valence-corrected chi connectivity index (χ0v) is 11.2. The summed E-state index contributed by atoms with van der Waals surface area (Å²) in [6.07, 6.45) is 3.98. The van der Waals surface area contributed by atoms with Crippen LogP contribution in [-0.4, -0.2) is 22.1 Å². The van der Waals surface area contributed by atoms with Crippen LogP contribution in [0.15, 0.2) is 47.5 Å². The first-order chi connectivity index (χ1) is 9.66. The Bertz CT molecular complexity index is 637. The van der Waals surface area contributed by atoms with Crippen molar-refractivity contribution in [3.05, 3.63) is 58.8 Å². The molecule has 0 bridgehead atoms. The minimum atomic E-state index is -0.399. The van der Waals surface area contributed by atoms with Crippen LogP contribution in [0.4, 0.5) is 10.5 Å². The van der Waals surface area contributed by atoms with Gasteiger partial charge in [-0.05, 0) is 24.3 Å². The summed E-state index contributed by atoms with van der Waals surface area (Å²) in [6, 6.07) is 8.51. The molecular formula is C14H16N4O2. The predicted molar refractivity (Wildman–Crippen MR) is 76.6 cm³/mol. The molecule has 2 N–H and O–H groups in total. The number of nitrogens with zero attached hydrogens (tertiary/aromatic N) is 2. The quantitative estimate of drug-likeness (QED) is 0.876. The highest BCUT2D eigenvalue weighted by molar-refractivity contribution is 5.88. The van der Waals surface area contributed by atoms with Crippen molar-refractivity contribution in [2.75, 3.05) is 11.9 Å². The highest BCUT2D eigenvalue weighted by Gasteiger charge is 2.05. The normalized spacial score (nSPS) is 10.1. The van der Waals surface area contributed by atoms with Crippen LogP contribution in [-0.2, 0) is 13.5 Å². The molecule has 6 heteroatoms. The van der Waals surface area contributed by atoms with Gasteiger partial charge in [-0.15, -0.1) is 0 Å². The molecule has 0 unspecified atom stereocenters. The van der Waals surface area contributed by atoms with E-state index in [1.165, 1.54) is 4.57 Å². The van der Waals surface area contributed by atoms with Crippen molar-refractivity contribution in [3.8, 4) is 0 Å². The Labute approximate surface area is 116 Å². The first-order valence-electron chi connectivity index (χ1n) is 6.27. The molecule has 0 aliphatic heterocycles. The Morgan fingerprint density at radius 1 is 1.30 bits per heavy atom. The van der Waals surface area contributed by atoms with Crippen molar-refractivity contribution >= 4 is 11.7 Å². The molecule has 2 amide bonds. The molecule has 104 valence electrons. The minimum absolute atomic E-state index is 0.243. The van der Waals surface area contributed by atoms with Crippen molar-refractivity contribution in [2.45, 2.75) is 6.42 Å². The number of hydrogen-bond acceptors (Lipinski definition) is 3. The molecule has 0 saturated heterocycles. The van der Waals surface area contributed by atoms with Crippen LogP contribution in [0.3, 0.4) is 0 Å². The summed E-state index contributed by atoms with van der Waals surface area (Å²) < 4.78 is 1.41. The van der Waals surface area contributed by atoms with Gasteiger partial charge in [0.2, 0.25) is 0 Å². The molecular weight excluding hydrogens is 256 g/mol. The fourth-order valence-electron chi connectivity index (χ4n) is 1.71. The number of carbonyl (C=O) groups is 1. The molecule has 2 aromatic heterocycles. The average molecular weight is 272 g/mol. The topological polar surface area (TPSA) is 76.0 Å². The molecule has 0 aromatic carbocycles. The van der Waals surface area contributed by atoms with Crippen molar-refractivity contribution in [2.24, 2.45) is 7.05 Å². The zero-order valence-electron chi connectivity index (χ0n) is 11.2. The number of hydrogen-bond donors (Lipinski definition) is 2. The minimum Gasteiger partial charge on any atom is -0.337 e. The van der Waals surface area contributed by atoms with Crippen molar-refractivity contribution < 1.29 is 4.79 Å². The third-order valence-corrected chi connectivity index (χ3v) is 2.76. The van der Waals surface area contributed by atoms with Gasteiger partial charge in [-0.25, -0.2) is 4.79 Å². The van der Waals surface area contributed by atoms with Crippen LogP contribution in [0, 0.1) is 0 Å². The molecule has 0 radical (unpaired) electrons. The summed E-state index contributed by atoms with van der Waals surface area (Å²) in [6.45, 7) is 0.454. The number of nitrogens with one attached hydrogen (secondary N) is 2. The van der Waals surface area contributed by atoms with E-state index in [0.717, 1.165) is 5.69 Å². The summed E-state index contributed by atoms with van der Waals surface area (Å²) in [5.74, 6) is 0. The van der Waals surface area contributed by atoms with E-state index in [9.17, 15) is 9.59 Å². The van der Waals surface area contributed by atoms with E-state index >= 15 is 0 Å². The Morgan fingerprint density at radius 2 is 2.15 bits per heavy atom. The largest absolute Gasteiger partial charge is 0.337 e. The number of urea groups is 1. The molecule has 6 nitrogen and oxygen atoms in total. The summed E-state index contributed by atoms with van der Waals surface area (Å²) in [4.78, 5) is 27.5. The summed E-state index contributed by atoms with van der Waals surface area (Å²) in [7, 11) is 1.63. The Kier molecular flexibility index (Phi) is 4.49. The summed E-state index contributed by atoms with van der Waals surface area (Å²) in [5, 5.41) is 5.22. The molecule has 0 atom stereocenters. The number of aryl methyl sites for hydroxylation is 1. The van der Waals surface area contributed by atoms with Gasteiger partial charge in [0.15, 0.2) is 0 Å². The third-order valence-electron chi connectivity index (χ3n) is 2.76. The Balaban J connectivity index is 1.84. The van der Waals surface area contributed by atoms with E-state index in [1.54, 1.807) is 31.6 Å². The van der Waals surface area contributed by atoms with Crippen LogP contribution in [0.1, 0.15) is 5.69 Å². The smallest absolute Gasteiger partial charge is 0.319 e. The number of pyridine rings is 2. The number of anilines is 1. The molecule has 0 spiro atoms. The van der Waals surface area contributed by atoms with Crippen LogP contribution in [0.25, 0.3) is 0 Å². The first-order valence-corrected chi connectivity index (χ1v) is 6.27. The van der Waals surface area contributed by atoms with E-state index in [4.69, 9.17) is 0 Å². The number of aromatic nitrogens is 2. The lowest BCUT2D eigenvalue weighted by molar-refractivity contribution is 0.252. The van der Waals surface area contributed by atoms with Gasteiger partial charge < -0.3 is 15.2 Å². The molecule has 2 aromatic rings. The van der Waals surface area contributed by atoms with E-state index in [1.807, 2.05) is 18.2 Å². The predicted octanol–water partition coefficient (Wildman–Crippen LogP) is 1.14. The van der Waals surface area contributed by atoms with E-state index in [-0.39, 0.29) is 11.2 Å². The number of amides is 2. The monoisotopic (exact) mass is 272 g/mol. The van der Waals surface area contributed by atoms with Gasteiger partial charge in [-0.3, -0.25) is 9.78 Å². The fourth-order valence-corrected chi connectivity index (χ4v) is 1.71. The average Bonchev–Trinajstić information content (AvgIpc) is 2.45. The summed E-state index contributed by atoms with van der Waals surface area (Å²) in [5.41, 5.74) is 0.918. The lowest BCUT2D eigenvalue weighted by Crippen LogP contribution is -2.33. The third kappa shape index (κ3) is 3.68. The van der Waals surface area contributed by atoms with Crippen molar-refractivity contribution in [3.63, 3.8) is 0 Å². The van der Waals surface area contributed by atoms with Crippen molar-refractivity contribution in [1.82, 2.24) is 14.9 Å². The highest BCUT2D eigenvalue weighted by Crippen LogP contribution is 1.97. The second-order valence-corrected chi connectivity index (χ2v) is 4.29. The first kappa shape index (κ1) is 13.8. The highest BCUT2D eigenvalue weighted by atomic mass is 16.2. The SMILES string of the molecule is Cn1cccc(NC(=O)NCCc2ccccn2)c1=O. The molecule has 0 aliphatic carbocycles. The molecule has 2 heterocycles. The molecule has 20 heavy (non-hydrogen) atoms. The van der Waals surface area contributed by atoms with Gasteiger partial charge in [0.1, 0.15) is 5.69 Å². The second kappa shape index (κ2) is 6.51. The van der Waals surface area contributed by atoms with Gasteiger partial charge in [0.25, 0.3) is 5.56 Å². The van der Waals surface area contributed by atoms with Gasteiger partial charge in [-0.2, -0.15) is 0 Å². The van der Waals surface area contributed by atoms with E-state index in [0.29, 0.717) is 13.0 Å². The molecule has 0 fully saturated rings. The lowest BCUT2D eigenvalue weighted by Gasteiger charge is -2.07. The van der Waals surface area contributed by atoms with E-state index in [2.05, 4.69) is 15.6 Å². The molecule has 2 rings (SSSR count). The van der Waals surface area contributed by atoms with E-state index < -0.39 is 6.03 Å². The fraction of sp³-hybridized carbons (Fsp3) is 0.214. The molecule has 0 saturated carbocycles. The molecule has 0 aliphatic rings. The Morgan fingerprint density at radius 3 is 2.90 bits per heavy atom. The van der Waals surface area contributed by atoms with Gasteiger partial charge in [0.05, 0.1) is 0 Å². The summed E-state index contributed by atoms with van der Waals surface area (Å²) >= 11 is 0. The van der Waals surface area contributed by atoms with Crippen LogP contribution < -0.4 is 16.2 Å². The second-order valence-electron chi connectivity index (χ2n) is 4.29. The van der Waals surface area contributed by atoms with Gasteiger partial charge in [0, 0.05) is 38.1 Å². The van der Waals surface area contributed by atoms with Crippen molar-refractivity contribution in [1.29, 1.82) is 0 Å². The maximum Gasteiger partial charge on any atom is 0.319 e. The van der Waals surface area contributed by atoms with Crippen LogP contribution in [0.5, 0.6) is 0 Å². The number of carbonyl (C=O) groups excluding carboxylic acids is 1. The lowest BCUT2D eigenvalue weighted by atomic mass is 10.3. The van der Waals surface area contributed by atoms with Crippen LogP contribution >= 0.6 is 0 Å². The Hall–Kier alpha value is -2.63. The number of rotatable bonds is 4. The van der Waals surface area contributed by atoms with Crippen LogP contribution in [0.2, 0.25) is 0 Å². The maximum atomic E-state index is 11.7. The zero-order chi connectivity index (χ0) is 14.4. The maximum absolute atomic E-state index is 11.7.